The molecular weight excluding hydrogens is 406 g/mol. The van der Waals surface area contributed by atoms with E-state index in [1.165, 1.54) is 43.4 Å². The summed E-state index contributed by atoms with van der Waals surface area (Å²) in [5.41, 5.74) is 0.165. The molecule has 5 saturated carbocycles. The normalized spacial score (nSPS) is 42.6. The molecule has 4 atom stereocenters. The molecule has 7 aliphatic rings. The van der Waals surface area contributed by atoms with E-state index >= 15 is 0 Å². The fourth-order valence-electron chi connectivity index (χ4n) is 8.64. The Kier molecular flexibility index (Phi) is 4.74. The molecule has 6 aliphatic carbocycles. The molecule has 1 saturated heterocycles. The Morgan fingerprint density at radius 3 is 1.97 bits per heavy atom. The third-order valence-electron chi connectivity index (χ3n) is 9.37. The monoisotopic (exact) mass is 439 g/mol. The SMILES string of the molecule is O=C(CNC(=O)CC12CC3CC(CC(C3)C1)C2)NCCN1C(=O)[C@@H]2[C@H](C1=O)[C@H]1C=C[C@H]2C1. The van der Waals surface area contributed by atoms with Crippen molar-refractivity contribution in [1.82, 2.24) is 15.5 Å². The zero-order valence-corrected chi connectivity index (χ0v) is 18.6. The Balaban J connectivity index is 0.939. The van der Waals surface area contributed by atoms with Gasteiger partial charge in [-0.25, -0.2) is 0 Å². The number of fused-ring (bicyclic) bond motifs is 5. The minimum absolute atomic E-state index is 0.0252. The average molecular weight is 440 g/mol. The van der Waals surface area contributed by atoms with E-state index in [0.717, 1.165) is 24.2 Å². The van der Waals surface area contributed by atoms with Gasteiger partial charge in [0.25, 0.3) is 0 Å². The minimum Gasteiger partial charge on any atom is -0.353 e. The van der Waals surface area contributed by atoms with Crippen LogP contribution in [0.1, 0.15) is 51.4 Å². The van der Waals surface area contributed by atoms with Crippen molar-refractivity contribution in [2.24, 2.45) is 46.8 Å². The fraction of sp³-hybridized carbons (Fsp3) is 0.760. The van der Waals surface area contributed by atoms with Gasteiger partial charge in [-0.2, -0.15) is 0 Å². The Labute approximate surface area is 188 Å². The van der Waals surface area contributed by atoms with Crippen LogP contribution in [-0.2, 0) is 19.2 Å². The van der Waals surface area contributed by atoms with Crippen molar-refractivity contribution in [3.8, 4) is 0 Å². The van der Waals surface area contributed by atoms with Crippen LogP contribution in [0.2, 0.25) is 0 Å². The summed E-state index contributed by atoms with van der Waals surface area (Å²) in [5.74, 6) is 1.94. The second kappa shape index (κ2) is 7.42. The van der Waals surface area contributed by atoms with Crippen LogP contribution >= 0.6 is 0 Å². The molecule has 6 bridgehead atoms. The molecule has 1 aliphatic heterocycles. The number of hydrogen-bond donors (Lipinski definition) is 2. The van der Waals surface area contributed by atoms with Gasteiger partial charge in [0, 0.05) is 19.5 Å². The fourth-order valence-corrected chi connectivity index (χ4v) is 8.64. The first-order valence-corrected chi connectivity index (χ1v) is 12.5. The number of nitrogens with one attached hydrogen (secondary N) is 2. The summed E-state index contributed by atoms with van der Waals surface area (Å²) in [6.07, 6.45) is 13.2. The summed E-state index contributed by atoms with van der Waals surface area (Å²) in [7, 11) is 0. The van der Waals surface area contributed by atoms with E-state index in [1.807, 2.05) is 0 Å². The van der Waals surface area contributed by atoms with Crippen LogP contribution in [0.15, 0.2) is 12.2 Å². The van der Waals surface area contributed by atoms with Crippen molar-refractivity contribution in [1.29, 1.82) is 0 Å². The zero-order valence-electron chi connectivity index (χ0n) is 18.6. The van der Waals surface area contributed by atoms with Crippen molar-refractivity contribution in [2.45, 2.75) is 51.4 Å². The van der Waals surface area contributed by atoms with Crippen LogP contribution in [0.4, 0.5) is 0 Å². The molecule has 7 nitrogen and oxygen atoms in total. The van der Waals surface area contributed by atoms with Gasteiger partial charge >= 0.3 is 0 Å². The number of rotatable bonds is 7. The van der Waals surface area contributed by atoms with Crippen molar-refractivity contribution < 1.29 is 19.2 Å². The average Bonchev–Trinajstić information content (AvgIpc) is 3.40. The molecule has 4 amide bonds. The molecule has 0 aromatic rings. The van der Waals surface area contributed by atoms with E-state index in [1.54, 1.807) is 0 Å². The first-order valence-electron chi connectivity index (χ1n) is 12.5. The maximum Gasteiger partial charge on any atom is 0.239 e. The van der Waals surface area contributed by atoms with E-state index < -0.39 is 0 Å². The summed E-state index contributed by atoms with van der Waals surface area (Å²) in [4.78, 5) is 51.5. The molecule has 6 fully saturated rings. The van der Waals surface area contributed by atoms with Gasteiger partial charge in [0.1, 0.15) is 0 Å². The lowest BCUT2D eigenvalue weighted by molar-refractivity contribution is -0.141. The Morgan fingerprint density at radius 2 is 1.41 bits per heavy atom. The molecule has 172 valence electrons. The number of allylic oxidation sites excluding steroid dienone is 2. The molecule has 0 spiro atoms. The second-order valence-corrected chi connectivity index (χ2v) is 11.5. The van der Waals surface area contributed by atoms with E-state index in [0.29, 0.717) is 6.42 Å². The number of hydrogen-bond acceptors (Lipinski definition) is 4. The lowest BCUT2D eigenvalue weighted by Gasteiger charge is -2.56. The highest BCUT2D eigenvalue weighted by Crippen LogP contribution is 2.61. The van der Waals surface area contributed by atoms with Crippen molar-refractivity contribution in [3.63, 3.8) is 0 Å². The number of carbonyl (C=O) groups is 4. The first kappa shape index (κ1) is 20.4. The Bertz CT molecular complexity index is 830. The molecule has 2 N–H and O–H groups in total. The van der Waals surface area contributed by atoms with Crippen molar-refractivity contribution >= 4 is 23.6 Å². The predicted molar refractivity (Wildman–Crippen MR) is 116 cm³/mol. The van der Waals surface area contributed by atoms with Gasteiger partial charge in [0.2, 0.25) is 23.6 Å². The quantitative estimate of drug-likeness (QED) is 0.466. The molecule has 0 unspecified atom stereocenters. The van der Waals surface area contributed by atoms with E-state index in [9.17, 15) is 19.2 Å². The van der Waals surface area contributed by atoms with Crippen molar-refractivity contribution in [2.75, 3.05) is 19.6 Å². The molecule has 0 aromatic heterocycles. The topological polar surface area (TPSA) is 95.6 Å². The summed E-state index contributed by atoms with van der Waals surface area (Å²) < 4.78 is 0. The van der Waals surface area contributed by atoms with Gasteiger partial charge in [0.15, 0.2) is 0 Å². The van der Waals surface area contributed by atoms with Crippen LogP contribution in [-0.4, -0.2) is 48.2 Å². The van der Waals surface area contributed by atoms with Gasteiger partial charge in [-0.3, -0.25) is 24.1 Å². The number of imide groups is 1. The van der Waals surface area contributed by atoms with Crippen LogP contribution in [0.3, 0.4) is 0 Å². The third-order valence-corrected chi connectivity index (χ3v) is 9.37. The highest BCUT2D eigenvalue weighted by molar-refractivity contribution is 6.06. The molecular formula is C25H33N3O4. The molecule has 32 heavy (non-hydrogen) atoms. The number of likely N-dealkylation sites (tertiary alicyclic amines) is 1. The minimum atomic E-state index is -0.273. The lowest BCUT2D eigenvalue weighted by Crippen LogP contribution is -2.48. The largest absolute Gasteiger partial charge is 0.353 e. The van der Waals surface area contributed by atoms with Gasteiger partial charge in [-0.1, -0.05) is 12.2 Å². The predicted octanol–water partition coefficient (Wildman–Crippen LogP) is 1.63. The van der Waals surface area contributed by atoms with Crippen LogP contribution in [0.25, 0.3) is 0 Å². The Morgan fingerprint density at radius 1 is 0.844 bits per heavy atom. The molecule has 1 heterocycles. The third kappa shape index (κ3) is 3.30. The first-order chi connectivity index (χ1) is 15.4. The van der Waals surface area contributed by atoms with E-state index in [-0.39, 0.29) is 72.3 Å². The summed E-state index contributed by atoms with van der Waals surface area (Å²) in [6, 6.07) is 0. The number of amides is 4. The van der Waals surface area contributed by atoms with Gasteiger partial charge < -0.3 is 10.6 Å². The highest BCUT2D eigenvalue weighted by atomic mass is 16.2. The summed E-state index contributed by atoms with van der Waals surface area (Å²) >= 11 is 0. The van der Waals surface area contributed by atoms with Gasteiger partial charge in [0.05, 0.1) is 18.4 Å². The van der Waals surface area contributed by atoms with Gasteiger partial charge in [-0.05, 0) is 80.0 Å². The summed E-state index contributed by atoms with van der Waals surface area (Å²) in [5, 5.41) is 5.55. The smallest absolute Gasteiger partial charge is 0.239 e. The molecule has 0 aromatic carbocycles. The number of carbonyl (C=O) groups excluding carboxylic acids is 4. The second-order valence-electron chi connectivity index (χ2n) is 11.5. The van der Waals surface area contributed by atoms with Crippen LogP contribution in [0, 0.1) is 46.8 Å². The van der Waals surface area contributed by atoms with E-state index in [4.69, 9.17) is 0 Å². The highest BCUT2D eigenvalue weighted by Gasteiger charge is 2.59. The maximum atomic E-state index is 12.7. The zero-order chi connectivity index (χ0) is 22.0. The standard InChI is InChI=1S/C25H33N3O4/c29-19(12-25-9-14-5-15(10-25)7-16(6-14)11-25)27-13-20(30)26-3-4-28-23(31)21-17-1-2-18(8-17)22(21)24(28)32/h1-2,14-18,21-22H,3-13H2,(H,26,30)(H,27,29)/t14?,15?,16?,17-,18-,21-,22+,25?/m0/s1. The maximum absolute atomic E-state index is 12.7. The number of nitrogens with zero attached hydrogens (tertiary/aromatic N) is 1. The van der Waals surface area contributed by atoms with Crippen LogP contribution in [0.5, 0.6) is 0 Å². The molecule has 7 heteroatoms. The Hall–Kier alpha value is -2.18. The molecule has 0 radical (unpaired) electrons. The van der Waals surface area contributed by atoms with E-state index in [2.05, 4.69) is 22.8 Å². The van der Waals surface area contributed by atoms with Crippen molar-refractivity contribution in [3.05, 3.63) is 12.2 Å². The summed E-state index contributed by atoms with van der Waals surface area (Å²) in [6.45, 7) is 0.382. The molecule has 7 rings (SSSR count). The lowest BCUT2D eigenvalue weighted by atomic mass is 9.49. The van der Waals surface area contributed by atoms with Gasteiger partial charge in [-0.15, -0.1) is 0 Å². The van der Waals surface area contributed by atoms with Crippen LogP contribution < -0.4 is 10.6 Å².